The maximum atomic E-state index is 9.28. The summed E-state index contributed by atoms with van der Waals surface area (Å²) in [5.74, 6) is 0. The maximum absolute atomic E-state index is 9.28. The molecule has 1 saturated heterocycles. The molecule has 0 N–H and O–H groups in total. The molecule has 0 bridgehead atoms. The fraction of sp³-hybridized carbons (Fsp3) is 0.500. The molecule has 1 fully saturated rings. The molecule has 1 aromatic carbocycles. The lowest BCUT2D eigenvalue weighted by atomic mass is 10.0. The van der Waals surface area contributed by atoms with Crippen molar-refractivity contribution in [2.75, 3.05) is 13.1 Å². The molecular weight excluding hydrogens is 232 g/mol. The fourth-order valence-electron chi connectivity index (χ4n) is 2.37. The number of nitriles is 1. The zero-order valence-electron chi connectivity index (χ0n) is 9.90. The van der Waals surface area contributed by atoms with Crippen LogP contribution in [0.2, 0.25) is 5.02 Å². The molecule has 0 aliphatic carbocycles. The molecule has 0 spiro atoms. The Bertz CT molecular complexity index is 405. The Morgan fingerprint density at radius 2 is 2.06 bits per heavy atom. The monoisotopic (exact) mass is 248 g/mol. The van der Waals surface area contributed by atoms with Gasteiger partial charge in [0.1, 0.15) is 6.04 Å². The Kier molecular flexibility index (Phi) is 4.42. The van der Waals surface area contributed by atoms with Crippen LogP contribution < -0.4 is 0 Å². The zero-order chi connectivity index (χ0) is 12.1. The molecule has 1 aliphatic heterocycles. The third kappa shape index (κ3) is 3.46. The molecule has 3 heteroatoms. The molecule has 0 radical (unpaired) electrons. The van der Waals surface area contributed by atoms with Crippen molar-refractivity contribution >= 4 is 11.6 Å². The summed E-state index contributed by atoms with van der Waals surface area (Å²) in [7, 11) is 0. The SMILES string of the molecule is N#CC(Cc1cccc(Cl)c1)N1CCCCC1. The molecule has 1 aromatic rings. The second-order valence-electron chi connectivity index (χ2n) is 4.58. The summed E-state index contributed by atoms with van der Waals surface area (Å²) in [5.41, 5.74) is 1.15. The summed E-state index contributed by atoms with van der Waals surface area (Å²) in [6, 6.07) is 10.2. The van der Waals surface area contributed by atoms with Crippen molar-refractivity contribution in [1.29, 1.82) is 5.26 Å². The van der Waals surface area contributed by atoms with Crippen LogP contribution in [0.5, 0.6) is 0 Å². The number of likely N-dealkylation sites (tertiary alicyclic amines) is 1. The van der Waals surface area contributed by atoms with Gasteiger partial charge in [0.05, 0.1) is 6.07 Å². The minimum atomic E-state index is -0.00577. The molecule has 1 atom stereocenters. The van der Waals surface area contributed by atoms with E-state index >= 15 is 0 Å². The Hall–Kier alpha value is -1.04. The highest BCUT2D eigenvalue weighted by atomic mass is 35.5. The van der Waals surface area contributed by atoms with E-state index in [1.807, 2.05) is 24.3 Å². The first-order chi connectivity index (χ1) is 8.29. The van der Waals surface area contributed by atoms with E-state index in [1.165, 1.54) is 19.3 Å². The van der Waals surface area contributed by atoms with E-state index in [1.54, 1.807) is 0 Å². The molecule has 2 nitrogen and oxygen atoms in total. The molecule has 2 rings (SSSR count). The number of benzene rings is 1. The molecule has 1 unspecified atom stereocenters. The van der Waals surface area contributed by atoms with Crippen LogP contribution in [0.1, 0.15) is 24.8 Å². The summed E-state index contributed by atoms with van der Waals surface area (Å²) in [6.07, 6.45) is 4.50. The van der Waals surface area contributed by atoms with E-state index in [0.717, 1.165) is 30.1 Å². The predicted octanol–water partition coefficient (Wildman–Crippen LogP) is 3.26. The number of piperidine rings is 1. The van der Waals surface area contributed by atoms with Crippen LogP contribution >= 0.6 is 11.6 Å². The van der Waals surface area contributed by atoms with Gasteiger partial charge in [-0.05, 0) is 43.6 Å². The van der Waals surface area contributed by atoms with Crippen molar-refractivity contribution < 1.29 is 0 Å². The summed E-state index contributed by atoms with van der Waals surface area (Å²) in [4.78, 5) is 2.30. The molecule has 1 heterocycles. The van der Waals surface area contributed by atoms with Crippen LogP contribution in [0.15, 0.2) is 24.3 Å². The largest absolute Gasteiger partial charge is 0.288 e. The van der Waals surface area contributed by atoms with Gasteiger partial charge in [-0.1, -0.05) is 30.2 Å². The van der Waals surface area contributed by atoms with Crippen molar-refractivity contribution in [2.45, 2.75) is 31.7 Å². The van der Waals surface area contributed by atoms with Gasteiger partial charge in [0.2, 0.25) is 0 Å². The Morgan fingerprint density at radius 1 is 1.29 bits per heavy atom. The van der Waals surface area contributed by atoms with Gasteiger partial charge in [0, 0.05) is 11.4 Å². The molecule has 1 aliphatic rings. The highest BCUT2D eigenvalue weighted by Gasteiger charge is 2.20. The van der Waals surface area contributed by atoms with Crippen LogP contribution in [-0.4, -0.2) is 24.0 Å². The van der Waals surface area contributed by atoms with Crippen LogP contribution in [0, 0.1) is 11.3 Å². The minimum Gasteiger partial charge on any atom is -0.288 e. The van der Waals surface area contributed by atoms with E-state index in [9.17, 15) is 5.26 Å². The van der Waals surface area contributed by atoms with E-state index in [0.29, 0.717) is 0 Å². The minimum absolute atomic E-state index is 0.00577. The van der Waals surface area contributed by atoms with Gasteiger partial charge >= 0.3 is 0 Å². The van der Waals surface area contributed by atoms with Crippen molar-refractivity contribution in [1.82, 2.24) is 4.90 Å². The predicted molar refractivity (Wildman–Crippen MR) is 70.0 cm³/mol. The van der Waals surface area contributed by atoms with E-state index in [2.05, 4.69) is 11.0 Å². The lowest BCUT2D eigenvalue weighted by molar-refractivity contribution is 0.194. The lowest BCUT2D eigenvalue weighted by Gasteiger charge is -2.30. The third-order valence-electron chi connectivity index (χ3n) is 3.30. The topological polar surface area (TPSA) is 27.0 Å². The average molecular weight is 249 g/mol. The van der Waals surface area contributed by atoms with E-state index in [4.69, 9.17) is 11.6 Å². The lowest BCUT2D eigenvalue weighted by Crippen LogP contribution is -2.39. The molecule has 0 aromatic heterocycles. The normalized spacial score (nSPS) is 18.6. The highest BCUT2D eigenvalue weighted by molar-refractivity contribution is 6.30. The first-order valence-electron chi connectivity index (χ1n) is 6.18. The van der Waals surface area contributed by atoms with Crippen molar-refractivity contribution in [3.8, 4) is 6.07 Å². The Balaban J connectivity index is 2.02. The van der Waals surface area contributed by atoms with Gasteiger partial charge in [-0.25, -0.2) is 0 Å². The van der Waals surface area contributed by atoms with Gasteiger partial charge in [0.15, 0.2) is 0 Å². The molecule has 17 heavy (non-hydrogen) atoms. The van der Waals surface area contributed by atoms with Crippen LogP contribution in [0.25, 0.3) is 0 Å². The van der Waals surface area contributed by atoms with E-state index in [-0.39, 0.29) is 6.04 Å². The molecule has 0 saturated carbocycles. The van der Waals surface area contributed by atoms with Crippen LogP contribution in [0.3, 0.4) is 0 Å². The fourth-order valence-corrected chi connectivity index (χ4v) is 2.59. The van der Waals surface area contributed by atoms with Crippen molar-refractivity contribution in [3.05, 3.63) is 34.9 Å². The third-order valence-corrected chi connectivity index (χ3v) is 3.53. The van der Waals surface area contributed by atoms with Crippen LogP contribution in [0.4, 0.5) is 0 Å². The van der Waals surface area contributed by atoms with Gasteiger partial charge in [-0.3, -0.25) is 4.90 Å². The standard InChI is InChI=1S/C14H17ClN2/c15-13-6-4-5-12(9-13)10-14(11-16)17-7-2-1-3-8-17/h4-6,9,14H,1-3,7-8,10H2. The van der Waals surface area contributed by atoms with Gasteiger partial charge in [-0.2, -0.15) is 5.26 Å². The molecule has 0 amide bonds. The van der Waals surface area contributed by atoms with Gasteiger partial charge in [-0.15, -0.1) is 0 Å². The van der Waals surface area contributed by atoms with Crippen LogP contribution in [-0.2, 0) is 6.42 Å². The number of nitrogens with zero attached hydrogens (tertiary/aromatic N) is 2. The summed E-state index contributed by atoms with van der Waals surface area (Å²) < 4.78 is 0. The average Bonchev–Trinajstić information content (AvgIpc) is 2.37. The molecular formula is C14H17ClN2. The zero-order valence-corrected chi connectivity index (χ0v) is 10.7. The summed E-state index contributed by atoms with van der Waals surface area (Å²) >= 11 is 5.96. The summed E-state index contributed by atoms with van der Waals surface area (Å²) in [6.45, 7) is 2.11. The second kappa shape index (κ2) is 6.05. The number of halogens is 1. The Labute approximate surface area is 108 Å². The summed E-state index contributed by atoms with van der Waals surface area (Å²) in [5, 5.41) is 10.0. The van der Waals surface area contributed by atoms with Crippen molar-refractivity contribution in [2.24, 2.45) is 0 Å². The number of hydrogen-bond acceptors (Lipinski definition) is 2. The molecule has 90 valence electrons. The van der Waals surface area contributed by atoms with Crippen molar-refractivity contribution in [3.63, 3.8) is 0 Å². The second-order valence-corrected chi connectivity index (χ2v) is 5.01. The van der Waals surface area contributed by atoms with Gasteiger partial charge in [0.25, 0.3) is 0 Å². The first kappa shape index (κ1) is 12.4. The smallest absolute Gasteiger partial charge is 0.102 e. The quantitative estimate of drug-likeness (QED) is 0.821. The number of rotatable bonds is 3. The first-order valence-corrected chi connectivity index (χ1v) is 6.55. The maximum Gasteiger partial charge on any atom is 0.102 e. The van der Waals surface area contributed by atoms with Gasteiger partial charge < -0.3 is 0 Å². The van der Waals surface area contributed by atoms with E-state index < -0.39 is 0 Å². The Morgan fingerprint density at radius 3 is 2.71 bits per heavy atom. The highest BCUT2D eigenvalue weighted by Crippen LogP contribution is 2.17. The number of hydrogen-bond donors (Lipinski definition) is 0.